The number of nitrogens with one attached hydrogen (secondary N) is 2. The van der Waals surface area contributed by atoms with Crippen molar-refractivity contribution in [2.75, 3.05) is 13.2 Å². The zero-order chi connectivity index (χ0) is 20.2. The Morgan fingerprint density at radius 1 is 1.21 bits per heavy atom. The summed E-state index contributed by atoms with van der Waals surface area (Å²) in [5, 5.41) is 5.52. The molecule has 1 aliphatic carbocycles. The molecule has 0 atom stereocenters. The molecule has 1 aromatic heterocycles. The van der Waals surface area contributed by atoms with E-state index in [0.717, 1.165) is 24.5 Å². The van der Waals surface area contributed by atoms with Crippen LogP contribution in [0.2, 0.25) is 0 Å². The highest BCUT2D eigenvalue weighted by Crippen LogP contribution is 2.48. The molecule has 0 saturated heterocycles. The van der Waals surface area contributed by atoms with Gasteiger partial charge in [0.2, 0.25) is 5.88 Å². The van der Waals surface area contributed by atoms with Crippen LogP contribution in [-0.4, -0.2) is 24.2 Å². The zero-order valence-electron chi connectivity index (χ0n) is 15.5. The van der Waals surface area contributed by atoms with Crippen molar-refractivity contribution in [1.29, 1.82) is 0 Å². The Bertz CT molecular complexity index is 835. The summed E-state index contributed by atoms with van der Waals surface area (Å²) in [5.74, 6) is 0.490. The molecule has 2 amide bonds. The standard InChI is InChI=1S/C20H22F3N3O2/c1-2-28-17-10-14(6-9-24-17)12-25-18(27)26-13-19(7-8-19)15-4-3-5-16(11-15)20(21,22)23/h3-6,9-11H,2,7-8,12-13H2,1H3,(H2,25,26,27). The molecule has 0 radical (unpaired) electrons. The molecule has 0 bridgehead atoms. The number of nitrogens with zero attached hydrogens (tertiary/aromatic N) is 1. The highest BCUT2D eigenvalue weighted by molar-refractivity contribution is 5.74. The second-order valence-electron chi connectivity index (χ2n) is 6.83. The molecule has 1 heterocycles. The number of benzene rings is 1. The number of hydrogen-bond donors (Lipinski definition) is 2. The fourth-order valence-electron chi connectivity index (χ4n) is 3.03. The number of carbonyl (C=O) groups excluding carboxylic acids is 1. The van der Waals surface area contributed by atoms with E-state index in [9.17, 15) is 18.0 Å². The van der Waals surface area contributed by atoms with Crippen LogP contribution in [0.25, 0.3) is 0 Å². The van der Waals surface area contributed by atoms with Gasteiger partial charge in [0.25, 0.3) is 0 Å². The minimum absolute atomic E-state index is 0.292. The van der Waals surface area contributed by atoms with Crippen LogP contribution in [0.3, 0.4) is 0 Å². The summed E-state index contributed by atoms with van der Waals surface area (Å²) in [5.41, 5.74) is 0.367. The molecular weight excluding hydrogens is 371 g/mol. The Morgan fingerprint density at radius 3 is 2.68 bits per heavy atom. The molecule has 1 aliphatic rings. The average Bonchev–Trinajstić information content (AvgIpc) is 3.46. The summed E-state index contributed by atoms with van der Waals surface area (Å²) >= 11 is 0. The number of ether oxygens (including phenoxy) is 1. The number of rotatable bonds is 7. The topological polar surface area (TPSA) is 63.2 Å². The second kappa shape index (κ2) is 8.08. The van der Waals surface area contributed by atoms with E-state index in [1.165, 1.54) is 12.1 Å². The summed E-state index contributed by atoms with van der Waals surface area (Å²) in [4.78, 5) is 16.2. The average molecular weight is 393 g/mol. The predicted molar refractivity (Wildman–Crippen MR) is 98.0 cm³/mol. The Labute approximate surface area is 161 Å². The van der Waals surface area contributed by atoms with E-state index in [0.29, 0.717) is 31.1 Å². The van der Waals surface area contributed by atoms with Crippen molar-refractivity contribution in [2.24, 2.45) is 0 Å². The fourth-order valence-corrected chi connectivity index (χ4v) is 3.03. The van der Waals surface area contributed by atoms with Crippen LogP contribution >= 0.6 is 0 Å². The van der Waals surface area contributed by atoms with Gasteiger partial charge in [0.1, 0.15) is 0 Å². The zero-order valence-corrected chi connectivity index (χ0v) is 15.5. The lowest BCUT2D eigenvalue weighted by molar-refractivity contribution is -0.137. The highest BCUT2D eigenvalue weighted by Gasteiger charge is 2.45. The molecule has 3 rings (SSSR count). The third-order valence-electron chi connectivity index (χ3n) is 4.79. The van der Waals surface area contributed by atoms with Crippen molar-refractivity contribution >= 4 is 6.03 Å². The van der Waals surface area contributed by atoms with Crippen LogP contribution in [-0.2, 0) is 18.1 Å². The molecule has 0 aliphatic heterocycles. The first-order valence-electron chi connectivity index (χ1n) is 9.09. The SMILES string of the molecule is CCOc1cc(CNC(=O)NCC2(c3cccc(C(F)(F)F)c3)CC2)ccn1. The lowest BCUT2D eigenvalue weighted by Gasteiger charge is -2.18. The molecular formula is C20H22F3N3O2. The monoisotopic (exact) mass is 393 g/mol. The van der Waals surface area contributed by atoms with Gasteiger partial charge in [0.15, 0.2) is 0 Å². The molecule has 1 fully saturated rings. The number of aromatic nitrogens is 1. The van der Waals surface area contributed by atoms with Crippen LogP contribution in [0.5, 0.6) is 5.88 Å². The van der Waals surface area contributed by atoms with Gasteiger partial charge in [0, 0.05) is 30.8 Å². The highest BCUT2D eigenvalue weighted by atomic mass is 19.4. The summed E-state index contributed by atoms with van der Waals surface area (Å²) < 4.78 is 44.1. The maximum Gasteiger partial charge on any atom is 0.416 e. The van der Waals surface area contributed by atoms with Crippen molar-refractivity contribution in [3.05, 3.63) is 59.3 Å². The largest absolute Gasteiger partial charge is 0.478 e. The molecule has 150 valence electrons. The van der Waals surface area contributed by atoms with E-state index in [-0.39, 0.29) is 6.03 Å². The molecule has 1 aromatic carbocycles. The Hall–Kier alpha value is -2.77. The van der Waals surface area contributed by atoms with Crippen LogP contribution in [0.1, 0.15) is 36.5 Å². The van der Waals surface area contributed by atoms with Gasteiger partial charge in [0.05, 0.1) is 12.2 Å². The van der Waals surface area contributed by atoms with Crippen LogP contribution < -0.4 is 15.4 Å². The van der Waals surface area contributed by atoms with E-state index in [1.807, 2.05) is 6.92 Å². The minimum Gasteiger partial charge on any atom is -0.478 e. The number of urea groups is 1. The van der Waals surface area contributed by atoms with Crippen LogP contribution in [0, 0.1) is 0 Å². The fraction of sp³-hybridized carbons (Fsp3) is 0.400. The lowest BCUT2D eigenvalue weighted by atomic mass is 9.94. The molecule has 5 nitrogen and oxygen atoms in total. The first-order chi connectivity index (χ1) is 13.3. The summed E-state index contributed by atoms with van der Waals surface area (Å²) in [7, 11) is 0. The first-order valence-corrected chi connectivity index (χ1v) is 9.09. The minimum atomic E-state index is -4.37. The van der Waals surface area contributed by atoms with Gasteiger partial charge in [-0.3, -0.25) is 0 Å². The van der Waals surface area contributed by atoms with E-state index in [4.69, 9.17) is 4.74 Å². The van der Waals surface area contributed by atoms with Crippen molar-refractivity contribution < 1.29 is 22.7 Å². The van der Waals surface area contributed by atoms with E-state index in [1.54, 1.807) is 24.4 Å². The van der Waals surface area contributed by atoms with Gasteiger partial charge in [-0.2, -0.15) is 13.2 Å². The first kappa shape index (κ1) is 20.0. The number of hydrogen-bond acceptors (Lipinski definition) is 3. The molecule has 8 heteroatoms. The Balaban J connectivity index is 1.54. The quantitative estimate of drug-likeness (QED) is 0.747. The Kier molecular flexibility index (Phi) is 5.76. The number of halogens is 3. The number of alkyl halides is 3. The lowest BCUT2D eigenvalue weighted by Crippen LogP contribution is -2.39. The third kappa shape index (κ3) is 4.94. The number of carbonyl (C=O) groups is 1. The van der Waals surface area contributed by atoms with Gasteiger partial charge in [-0.1, -0.05) is 18.2 Å². The van der Waals surface area contributed by atoms with Crippen molar-refractivity contribution in [3.63, 3.8) is 0 Å². The molecule has 2 N–H and O–H groups in total. The summed E-state index contributed by atoms with van der Waals surface area (Å²) in [6.07, 6.45) is -1.28. The van der Waals surface area contributed by atoms with Gasteiger partial charge < -0.3 is 15.4 Å². The number of amides is 2. The third-order valence-corrected chi connectivity index (χ3v) is 4.79. The Morgan fingerprint density at radius 2 is 2.00 bits per heavy atom. The number of pyridine rings is 1. The van der Waals surface area contributed by atoms with Crippen molar-refractivity contribution in [1.82, 2.24) is 15.6 Å². The van der Waals surface area contributed by atoms with Gasteiger partial charge in [-0.05, 0) is 43.0 Å². The molecule has 0 spiro atoms. The molecule has 1 saturated carbocycles. The second-order valence-corrected chi connectivity index (χ2v) is 6.83. The van der Waals surface area contributed by atoms with Crippen molar-refractivity contribution in [2.45, 2.75) is 37.9 Å². The predicted octanol–water partition coefficient (Wildman–Crippen LogP) is 4.03. The molecule has 2 aromatic rings. The van der Waals surface area contributed by atoms with Gasteiger partial charge >= 0.3 is 12.2 Å². The van der Waals surface area contributed by atoms with E-state index in [2.05, 4.69) is 15.6 Å². The van der Waals surface area contributed by atoms with Crippen LogP contribution in [0.4, 0.5) is 18.0 Å². The summed E-state index contributed by atoms with van der Waals surface area (Å²) in [6, 6.07) is 8.49. The van der Waals surface area contributed by atoms with E-state index < -0.39 is 17.2 Å². The van der Waals surface area contributed by atoms with Gasteiger partial charge in [-0.15, -0.1) is 0 Å². The maximum absolute atomic E-state index is 12.9. The smallest absolute Gasteiger partial charge is 0.416 e. The van der Waals surface area contributed by atoms with Gasteiger partial charge in [-0.25, -0.2) is 9.78 Å². The van der Waals surface area contributed by atoms with Crippen LogP contribution in [0.15, 0.2) is 42.6 Å². The molecule has 0 unspecified atom stereocenters. The maximum atomic E-state index is 12.9. The normalized spacial score (nSPS) is 15.0. The summed E-state index contributed by atoms with van der Waals surface area (Å²) in [6.45, 7) is 2.95. The van der Waals surface area contributed by atoms with E-state index >= 15 is 0 Å². The van der Waals surface area contributed by atoms with Crippen molar-refractivity contribution in [3.8, 4) is 5.88 Å². The molecule has 28 heavy (non-hydrogen) atoms.